The zero-order valence-electron chi connectivity index (χ0n) is 17.5. The molecular weight excluding hydrogens is 471 g/mol. The standard InChI is InChI=1S/C23H22Cl2N2O4S/c1-3-31-21-13-12-16(23(28)26-20-11-7-10-19(24)22(20)25)14-17(21)15-27(2)32(29,30)18-8-5-4-6-9-18/h4-14H,3,15H2,1-2H3,(H,26,28). The molecular formula is C23H22Cl2N2O4S. The predicted octanol–water partition coefficient (Wildman–Crippen LogP) is 5.47. The molecule has 0 saturated heterocycles. The van der Waals surface area contributed by atoms with Crippen LogP contribution in [0.15, 0.2) is 71.6 Å². The molecule has 0 aliphatic heterocycles. The third-order valence-electron chi connectivity index (χ3n) is 4.67. The highest BCUT2D eigenvalue weighted by atomic mass is 35.5. The number of rotatable bonds is 8. The van der Waals surface area contributed by atoms with Crippen molar-refractivity contribution < 1.29 is 17.9 Å². The van der Waals surface area contributed by atoms with E-state index in [0.29, 0.717) is 34.2 Å². The van der Waals surface area contributed by atoms with Crippen LogP contribution >= 0.6 is 23.2 Å². The van der Waals surface area contributed by atoms with Gasteiger partial charge in [0.25, 0.3) is 5.91 Å². The fraction of sp³-hybridized carbons (Fsp3) is 0.174. The average molecular weight is 493 g/mol. The van der Waals surface area contributed by atoms with Crippen LogP contribution in [0.3, 0.4) is 0 Å². The SMILES string of the molecule is CCOc1ccc(C(=O)Nc2cccc(Cl)c2Cl)cc1CN(C)S(=O)(=O)c1ccccc1. The lowest BCUT2D eigenvalue weighted by Gasteiger charge is -2.20. The maximum absolute atomic E-state index is 12.9. The fourth-order valence-corrected chi connectivity index (χ4v) is 4.55. The lowest BCUT2D eigenvalue weighted by molar-refractivity contribution is 0.102. The molecule has 32 heavy (non-hydrogen) atoms. The molecule has 0 saturated carbocycles. The summed E-state index contributed by atoms with van der Waals surface area (Å²) in [5, 5.41) is 3.29. The summed E-state index contributed by atoms with van der Waals surface area (Å²) in [7, 11) is -2.23. The minimum absolute atomic E-state index is 0.0194. The zero-order valence-corrected chi connectivity index (χ0v) is 19.8. The number of halogens is 2. The Kier molecular flexibility index (Phi) is 7.79. The number of sulfonamides is 1. The number of benzene rings is 3. The molecule has 0 heterocycles. The molecule has 0 fully saturated rings. The van der Waals surface area contributed by atoms with Crippen LogP contribution in [0.2, 0.25) is 10.0 Å². The van der Waals surface area contributed by atoms with Crippen LogP contribution in [0.25, 0.3) is 0 Å². The number of carbonyl (C=O) groups excluding carboxylic acids is 1. The third-order valence-corrected chi connectivity index (χ3v) is 7.30. The molecule has 3 aromatic carbocycles. The van der Waals surface area contributed by atoms with Crippen molar-refractivity contribution in [2.75, 3.05) is 19.0 Å². The second kappa shape index (κ2) is 10.4. The molecule has 6 nitrogen and oxygen atoms in total. The number of hydrogen-bond donors (Lipinski definition) is 1. The number of hydrogen-bond acceptors (Lipinski definition) is 4. The summed E-state index contributed by atoms with van der Waals surface area (Å²) in [5.41, 5.74) is 1.26. The molecule has 0 atom stereocenters. The Labute approximate surface area is 197 Å². The van der Waals surface area contributed by atoms with Crippen LogP contribution in [-0.2, 0) is 16.6 Å². The number of nitrogens with zero attached hydrogens (tertiary/aromatic N) is 1. The van der Waals surface area contributed by atoms with Crippen molar-refractivity contribution in [2.24, 2.45) is 0 Å². The van der Waals surface area contributed by atoms with E-state index in [1.54, 1.807) is 54.6 Å². The van der Waals surface area contributed by atoms with Gasteiger partial charge in [0.1, 0.15) is 5.75 Å². The molecule has 3 aromatic rings. The van der Waals surface area contributed by atoms with Crippen LogP contribution in [0.4, 0.5) is 5.69 Å². The first kappa shape index (κ1) is 24.1. The van der Waals surface area contributed by atoms with Crippen molar-refractivity contribution in [1.29, 1.82) is 0 Å². The smallest absolute Gasteiger partial charge is 0.255 e. The highest BCUT2D eigenvalue weighted by Gasteiger charge is 2.22. The monoisotopic (exact) mass is 492 g/mol. The van der Waals surface area contributed by atoms with Gasteiger partial charge in [-0.2, -0.15) is 4.31 Å². The molecule has 0 aliphatic rings. The van der Waals surface area contributed by atoms with E-state index < -0.39 is 15.9 Å². The summed E-state index contributed by atoms with van der Waals surface area (Å²) >= 11 is 12.2. The van der Waals surface area contributed by atoms with Gasteiger partial charge in [0, 0.05) is 24.7 Å². The molecule has 0 aromatic heterocycles. The predicted molar refractivity (Wildman–Crippen MR) is 127 cm³/mol. The van der Waals surface area contributed by atoms with Crippen molar-refractivity contribution in [3.8, 4) is 5.75 Å². The normalized spacial score (nSPS) is 11.4. The first-order valence-corrected chi connectivity index (χ1v) is 12.0. The summed E-state index contributed by atoms with van der Waals surface area (Å²) < 4.78 is 32.7. The van der Waals surface area contributed by atoms with Gasteiger partial charge in [-0.15, -0.1) is 0 Å². The molecule has 3 rings (SSSR count). The van der Waals surface area contributed by atoms with Crippen molar-refractivity contribution in [1.82, 2.24) is 4.31 Å². The van der Waals surface area contributed by atoms with Crippen LogP contribution in [0.1, 0.15) is 22.8 Å². The zero-order chi connectivity index (χ0) is 23.3. The summed E-state index contributed by atoms with van der Waals surface area (Å²) in [6.07, 6.45) is 0. The van der Waals surface area contributed by atoms with Crippen molar-refractivity contribution in [3.05, 3.63) is 87.9 Å². The number of carbonyl (C=O) groups is 1. The highest BCUT2D eigenvalue weighted by Crippen LogP contribution is 2.30. The van der Waals surface area contributed by atoms with E-state index >= 15 is 0 Å². The van der Waals surface area contributed by atoms with Crippen LogP contribution in [0, 0.1) is 0 Å². The summed E-state index contributed by atoms with van der Waals surface area (Å²) in [4.78, 5) is 13.0. The van der Waals surface area contributed by atoms with Gasteiger partial charge in [0.15, 0.2) is 0 Å². The maximum atomic E-state index is 12.9. The van der Waals surface area contributed by atoms with Crippen LogP contribution in [0.5, 0.6) is 5.75 Å². The molecule has 1 N–H and O–H groups in total. The Bertz CT molecular complexity index is 1220. The quantitative estimate of drug-likeness (QED) is 0.452. The number of anilines is 1. The average Bonchev–Trinajstić information content (AvgIpc) is 2.78. The Morgan fingerprint density at radius 3 is 2.44 bits per heavy atom. The minimum Gasteiger partial charge on any atom is -0.494 e. The fourth-order valence-electron chi connectivity index (χ4n) is 3.03. The van der Waals surface area contributed by atoms with E-state index in [1.807, 2.05) is 6.92 Å². The van der Waals surface area contributed by atoms with Gasteiger partial charge in [0.2, 0.25) is 10.0 Å². The Morgan fingerprint density at radius 2 is 1.75 bits per heavy atom. The third kappa shape index (κ3) is 5.42. The van der Waals surface area contributed by atoms with E-state index in [1.165, 1.54) is 23.5 Å². The molecule has 0 bridgehead atoms. The minimum atomic E-state index is -3.72. The van der Waals surface area contributed by atoms with Gasteiger partial charge >= 0.3 is 0 Å². The summed E-state index contributed by atoms with van der Waals surface area (Å²) in [6.45, 7) is 2.24. The molecule has 9 heteroatoms. The Balaban J connectivity index is 1.89. The Morgan fingerprint density at radius 1 is 1.03 bits per heavy atom. The van der Waals surface area contributed by atoms with Gasteiger partial charge in [-0.05, 0) is 49.4 Å². The number of amides is 1. The van der Waals surface area contributed by atoms with Crippen LogP contribution < -0.4 is 10.1 Å². The first-order valence-electron chi connectivity index (χ1n) is 9.76. The molecule has 1 amide bonds. The van der Waals surface area contributed by atoms with E-state index in [4.69, 9.17) is 27.9 Å². The first-order chi connectivity index (χ1) is 15.2. The van der Waals surface area contributed by atoms with Gasteiger partial charge in [-0.25, -0.2) is 8.42 Å². The second-order valence-electron chi connectivity index (χ2n) is 6.89. The van der Waals surface area contributed by atoms with Crippen molar-refractivity contribution in [3.63, 3.8) is 0 Å². The molecule has 168 valence electrons. The molecule has 0 unspecified atom stereocenters. The summed E-state index contributed by atoms with van der Waals surface area (Å²) in [5.74, 6) is 0.0898. The highest BCUT2D eigenvalue weighted by molar-refractivity contribution is 7.89. The van der Waals surface area contributed by atoms with E-state index in [9.17, 15) is 13.2 Å². The van der Waals surface area contributed by atoms with Gasteiger partial charge in [0.05, 0.1) is 27.2 Å². The lowest BCUT2D eigenvalue weighted by Crippen LogP contribution is -2.27. The van der Waals surface area contributed by atoms with Gasteiger partial charge in [-0.3, -0.25) is 4.79 Å². The summed E-state index contributed by atoms with van der Waals surface area (Å²) in [6, 6.07) is 18.0. The Hall–Kier alpha value is -2.58. The number of nitrogens with one attached hydrogen (secondary N) is 1. The van der Waals surface area contributed by atoms with Gasteiger partial charge < -0.3 is 10.1 Å². The van der Waals surface area contributed by atoms with Crippen molar-refractivity contribution in [2.45, 2.75) is 18.4 Å². The van der Waals surface area contributed by atoms with Crippen LogP contribution in [-0.4, -0.2) is 32.3 Å². The molecule has 0 spiro atoms. The second-order valence-corrected chi connectivity index (χ2v) is 9.72. The topological polar surface area (TPSA) is 75.7 Å². The van der Waals surface area contributed by atoms with E-state index in [2.05, 4.69) is 5.32 Å². The molecule has 0 radical (unpaired) electrons. The molecule has 0 aliphatic carbocycles. The van der Waals surface area contributed by atoms with E-state index in [-0.39, 0.29) is 16.5 Å². The van der Waals surface area contributed by atoms with Crippen molar-refractivity contribution >= 4 is 44.8 Å². The lowest BCUT2D eigenvalue weighted by atomic mass is 10.1. The van der Waals surface area contributed by atoms with Gasteiger partial charge in [-0.1, -0.05) is 47.5 Å². The maximum Gasteiger partial charge on any atom is 0.255 e. The largest absolute Gasteiger partial charge is 0.494 e. The number of ether oxygens (including phenoxy) is 1. The van der Waals surface area contributed by atoms with E-state index in [0.717, 1.165) is 0 Å².